The van der Waals surface area contributed by atoms with Gasteiger partial charge < -0.3 is 4.74 Å². The summed E-state index contributed by atoms with van der Waals surface area (Å²) in [6, 6.07) is 7.25. The highest BCUT2D eigenvalue weighted by Gasteiger charge is 2.50. The van der Waals surface area contributed by atoms with Crippen LogP contribution in [0.5, 0.6) is 0 Å². The average Bonchev–Trinajstić information content (AvgIpc) is 2.64. The predicted octanol–water partition coefficient (Wildman–Crippen LogP) is 2.16. The van der Waals surface area contributed by atoms with Crippen molar-refractivity contribution in [3.63, 3.8) is 0 Å². The zero-order valence-electron chi connectivity index (χ0n) is 9.73. The molecular weight excluding hydrogens is 216 g/mol. The summed E-state index contributed by atoms with van der Waals surface area (Å²) in [4.78, 5) is 24.3. The molecule has 1 aliphatic carbocycles. The van der Waals surface area contributed by atoms with Gasteiger partial charge in [-0.2, -0.15) is 0 Å². The third-order valence-electron chi connectivity index (χ3n) is 3.12. The van der Waals surface area contributed by atoms with Crippen molar-refractivity contribution in [2.75, 3.05) is 6.61 Å². The zero-order valence-corrected chi connectivity index (χ0v) is 9.73. The lowest BCUT2D eigenvalue weighted by atomic mass is 9.84. The Hall–Kier alpha value is -1.90. The van der Waals surface area contributed by atoms with Gasteiger partial charge >= 0.3 is 5.97 Å². The maximum Gasteiger partial charge on any atom is 0.324 e. The molecule has 0 amide bonds. The number of benzene rings is 1. The molecule has 17 heavy (non-hydrogen) atoms. The van der Waals surface area contributed by atoms with Crippen LogP contribution in [0, 0.1) is 5.41 Å². The molecule has 0 radical (unpaired) electrons. The number of fused-ring (bicyclic) bond motifs is 1. The van der Waals surface area contributed by atoms with Crippen LogP contribution in [0.15, 0.2) is 36.9 Å². The molecule has 0 heterocycles. The largest absolute Gasteiger partial charge is 0.465 e. The van der Waals surface area contributed by atoms with Crippen molar-refractivity contribution in [1.82, 2.24) is 0 Å². The molecule has 88 valence electrons. The van der Waals surface area contributed by atoms with Gasteiger partial charge in [0.2, 0.25) is 0 Å². The van der Waals surface area contributed by atoms with Crippen LogP contribution in [-0.4, -0.2) is 18.4 Å². The molecule has 3 heteroatoms. The lowest BCUT2D eigenvalue weighted by molar-refractivity contribution is -0.149. The number of carbonyl (C=O) groups excluding carboxylic acids is 2. The molecule has 3 nitrogen and oxygen atoms in total. The Morgan fingerprint density at radius 1 is 1.53 bits per heavy atom. The molecule has 1 atom stereocenters. The molecular formula is C14H14O3. The molecule has 1 aliphatic rings. The van der Waals surface area contributed by atoms with Crippen molar-refractivity contribution in [3.8, 4) is 0 Å². The molecule has 0 N–H and O–H groups in total. The molecule has 0 saturated carbocycles. The van der Waals surface area contributed by atoms with Crippen LogP contribution in [-0.2, 0) is 16.0 Å². The van der Waals surface area contributed by atoms with E-state index in [0.29, 0.717) is 12.0 Å². The van der Waals surface area contributed by atoms with Crippen LogP contribution in [0.4, 0.5) is 0 Å². The van der Waals surface area contributed by atoms with E-state index in [1.807, 2.05) is 12.1 Å². The zero-order chi connectivity index (χ0) is 12.5. The molecule has 1 unspecified atom stereocenters. The van der Waals surface area contributed by atoms with Gasteiger partial charge in [-0.1, -0.05) is 30.3 Å². The highest BCUT2D eigenvalue weighted by Crippen LogP contribution is 2.38. The van der Waals surface area contributed by atoms with Gasteiger partial charge in [-0.25, -0.2) is 0 Å². The van der Waals surface area contributed by atoms with E-state index in [2.05, 4.69) is 6.58 Å². The first-order valence-corrected chi connectivity index (χ1v) is 5.59. The standard InChI is InChI=1S/C14H14O3/c1-3-14(13(16)17-4-2)9-10-7-5-6-8-11(10)12(14)15/h3,5-8H,1,4,9H2,2H3. The van der Waals surface area contributed by atoms with Gasteiger partial charge in [0.1, 0.15) is 0 Å². The number of rotatable bonds is 3. The summed E-state index contributed by atoms with van der Waals surface area (Å²) in [7, 11) is 0. The molecule has 1 aromatic carbocycles. The van der Waals surface area contributed by atoms with E-state index in [0.717, 1.165) is 5.56 Å². The van der Waals surface area contributed by atoms with Crippen molar-refractivity contribution in [2.24, 2.45) is 5.41 Å². The second kappa shape index (κ2) is 4.17. The molecule has 0 spiro atoms. The van der Waals surface area contributed by atoms with Gasteiger partial charge in [-0.3, -0.25) is 9.59 Å². The first kappa shape index (κ1) is 11.6. The fourth-order valence-electron chi connectivity index (χ4n) is 2.19. The normalized spacial score (nSPS) is 22.1. The highest BCUT2D eigenvalue weighted by atomic mass is 16.5. The summed E-state index contributed by atoms with van der Waals surface area (Å²) in [6.07, 6.45) is 1.76. The number of carbonyl (C=O) groups is 2. The van der Waals surface area contributed by atoms with Gasteiger partial charge in [-0.05, 0) is 12.5 Å². The van der Waals surface area contributed by atoms with Crippen molar-refractivity contribution in [3.05, 3.63) is 48.0 Å². The summed E-state index contributed by atoms with van der Waals surface area (Å²) in [6.45, 7) is 5.62. The van der Waals surface area contributed by atoms with Crippen molar-refractivity contribution < 1.29 is 14.3 Å². The minimum absolute atomic E-state index is 0.207. The summed E-state index contributed by atoms with van der Waals surface area (Å²) >= 11 is 0. The topological polar surface area (TPSA) is 43.4 Å². The van der Waals surface area contributed by atoms with Gasteiger partial charge in [0.05, 0.1) is 6.61 Å². The molecule has 1 aromatic rings. The van der Waals surface area contributed by atoms with Crippen LogP contribution in [0.25, 0.3) is 0 Å². The smallest absolute Gasteiger partial charge is 0.324 e. The Balaban J connectivity index is 2.45. The Morgan fingerprint density at radius 3 is 2.82 bits per heavy atom. The predicted molar refractivity (Wildman–Crippen MR) is 63.7 cm³/mol. The van der Waals surface area contributed by atoms with Crippen LogP contribution >= 0.6 is 0 Å². The lowest BCUT2D eigenvalue weighted by Gasteiger charge is -2.20. The third kappa shape index (κ3) is 1.58. The minimum Gasteiger partial charge on any atom is -0.465 e. The molecule has 0 saturated heterocycles. The maximum atomic E-state index is 12.3. The summed E-state index contributed by atoms with van der Waals surface area (Å²) < 4.78 is 4.99. The Kier molecular flexibility index (Phi) is 2.84. The first-order chi connectivity index (χ1) is 8.15. The fraction of sp³-hybridized carbons (Fsp3) is 0.286. The van der Waals surface area contributed by atoms with E-state index in [9.17, 15) is 9.59 Å². The summed E-state index contributed by atoms with van der Waals surface area (Å²) in [5.74, 6) is -0.710. The third-order valence-corrected chi connectivity index (χ3v) is 3.12. The number of ketones is 1. The van der Waals surface area contributed by atoms with Crippen molar-refractivity contribution in [2.45, 2.75) is 13.3 Å². The fourth-order valence-corrected chi connectivity index (χ4v) is 2.19. The van der Waals surface area contributed by atoms with Crippen LogP contribution in [0.2, 0.25) is 0 Å². The molecule has 0 fully saturated rings. The van der Waals surface area contributed by atoms with Gasteiger partial charge in [0.15, 0.2) is 11.2 Å². The van der Waals surface area contributed by atoms with Crippen LogP contribution in [0.1, 0.15) is 22.8 Å². The van der Waals surface area contributed by atoms with Crippen molar-refractivity contribution >= 4 is 11.8 Å². The molecule has 0 bridgehead atoms. The average molecular weight is 230 g/mol. The number of hydrogen-bond donors (Lipinski definition) is 0. The van der Waals surface area contributed by atoms with E-state index >= 15 is 0 Å². The van der Waals surface area contributed by atoms with Crippen LogP contribution < -0.4 is 0 Å². The second-order valence-corrected chi connectivity index (χ2v) is 4.06. The first-order valence-electron chi connectivity index (χ1n) is 5.59. The Bertz CT molecular complexity index is 490. The minimum atomic E-state index is -1.22. The number of Topliss-reactive ketones (excluding diaryl/α,β-unsaturated/α-hetero) is 1. The Morgan fingerprint density at radius 2 is 2.24 bits per heavy atom. The molecule has 0 aromatic heterocycles. The monoisotopic (exact) mass is 230 g/mol. The highest BCUT2D eigenvalue weighted by molar-refractivity contribution is 6.17. The number of esters is 1. The summed E-state index contributed by atoms with van der Waals surface area (Å²) in [5.41, 5.74) is 0.255. The SMILES string of the molecule is C=CC1(C(=O)OCC)Cc2ccccc2C1=O. The van der Waals surface area contributed by atoms with E-state index in [1.54, 1.807) is 19.1 Å². The molecule has 2 rings (SSSR count). The molecule has 0 aliphatic heterocycles. The number of ether oxygens (including phenoxy) is 1. The van der Waals surface area contributed by atoms with E-state index in [-0.39, 0.29) is 12.4 Å². The maximum absolute atomic E-state index is 12.3. The van der Waals surface area contributed by atoms with E-state index in [4.69, 9.17) is 4.74 Å². The quantitative estimate of drug-likeness (QED) is 0.454. The lowest BCUT2D eigenvalue weighted by Crippen LogP contribution is -2.36. The van der Waals surface area contributed by atoms with Gasteiger partial charge in [0, 0.05) is 12.0 Å². The van der Waals surface area contributed by atoms with E-state index < -0.39 is 11.4 Å². The van der Waals surface area contributed by atoms with Crippen molar-refractivity contribution in [1.29, 1.82) is 0 Å². The van der Waals surface area contributed by atoms with Gasteiger partial charge in [0.25, 0.3) is 0 Å². The Labute approximate surface area is 100 Å². The second-order valence-electron chi connectivity index (χ2n) is 4.06. The van der Waals surface area contributed by atoms with Crippen LogP contribution in [0.3, 0.4) is 0 Å². The van der Waals surface area contributed by atoms with Gasteiger partial charge in [-0.15, -0.1) is 6.58 Å². The number of hydrogen-bond acceptors (Lipinski definition) is 3. The summed E-state index contributed by atoms with van der Waals surface area (Å²) in [5, 5.41) is 0. The van der Waals surface area contributed by atoms with E-state index in [1.165, 1.54) is 6.08 Å².